The van der Waals surface area contributed by atoms with Crippen LogP contribution >= 0.6 is 0 Å². The lowest BCUT2D eigenvalue weighted by atomic mass is 9.83. The zero-order valence-electron chi connectivity index (χ0n) is 10.3. The Kier molecular flexibility index (Phi) is 5.49. The summed E-state index contributed by atoms with van der Waals surface area (Å²) in [5.74, 6) is 0. The van der Waals surface area contributed by atoms with Crippen molar-refractivity contribution in [3.8, 4) is 0 Å². The molecule has 0 radical (unpaired) electrons. The summed E-state index contributed by atoms with van der Waals surface area (Å²) in [4.78, 5) is 0. The first-order chi connectivity index (χ1) is 7.76. The molecule has 0 saturated heterocycles. The highest BCUT2D eigenvalue weighted by Crippen LogP contribution is 2.24. The van der Waals surface area contributed by atoms with Gasteiger partial charge in [-0.25, -0.2) is 0 Å². The number of nitrogens with zero attached hydrogens (tertiary/aromatic N) is 2. The van der Waals surface area contributed by atoms with Crippen molar-refractivity contribution in [2.24, 2.45) is 5.41 Å². The Morgan fingerprint density at radius 1 is 1.38 bits per heavy atom. The Morgan fingerprint density at radius 3 is 2.62 bits per heavy atom. The monoisotopic (exact) mass is 225 g/mol. The van der Waals surface area contributed by atoms with Crippen LogP contribution in [0.3, 0.4) is 0 Å². The summed E-state index contributed by atoms with van der Waals surface area (Å²) < 4.78 is 1.91. The van der Waals surface area contributed by atoms with Crippen molar-refractivity contribution in [1.29, 1.82) is 0 Å². The highest BCUT2D eigenvalue weighted by Gasteiger charge is 2.24. The first-order valence-electron chi connectivity index (χ1n) is 6.05. The third-order valence-corrected chi connectivity index (χ3v) is 3.41. The van der Waals surface area contributed by atoms with Crippen LogP contribution in [0.2, 0.25) is 0 Å². The van der Waals surface area contributed by atoms with Gasteiger partial charge in [-0.05, 0) is 18.9 Å². The average molecular weight is 225 g/mol. The lowest BCUT2D eigenvalue weighted by Gasteiger charge is -2.29. The summed E-state index contributed by atoms with van der Waals surface area (Å²) in [6.45, 7) is 7.17. The normalized spacial score (nSPS) is 11.9. The molecule has 0 amide bonds. The fraction of sp³-hybridized carbons (Fsp3) is 0.750. The molecule has 0 bridgehead atoms. The Labute approximate surface area is 97.7 Å². The predicted octanol–water partition coefficient (Wildman–Crippen LogP) is 1.27. The van der Waals surface area contributed by atoms with Crippen molar-refractivity contribution in [3.05, 3.63) is 18.5 Å². The summed E-state index contributed by atoms with van der Waals surface area (Å²) in [6.07, 6.45) is 5.76. The number of aliphatic hydroxyl groups is 1. The van der Waals surface area contributed by atoms with Gasteiger partial charge in [-0.15, -0.1) is 0 Å². The van der Waals surface area contributed by atoms with E-state index < -0.39 is 0 Å². The Bertz CT molecular complexity index is 260. The largest absolute Gasteiger partial charge is 0.396 e. The highest BCUT2D eigenvalue weighted by molar-refractivity contribution is 4.79. The molecule has 0 spiro atoms. The minimum atomic E-state index is 0.0458. The van der Waals surface area contributed by atoms with Gasteiger partial charge in [0.25, 0.3) is 0 Å². The molecule has 2 N–H and O–H groups in total. The zero-order valence-corrected chi connectivity index (χ0v) is 10.3. The van der Waals surface area contributed by atoms with E-state index in [-0.39, 0.29) is 12.0 Å². The maximum Gasteiger partial charge on any atom is 0.0533 e. The van der Waals surface area contributed by atoms with Crippen LogP contribution in [0.1, 0.15) is 26.7 Å². The fourth-order valence-corrected chi connectivity index (χ4v) is 1.76. The molecule has 1 rings (SSSR count). The van der Waals surface area contributed by atoms with Gasteiger partial charge in [0.05, 0.1) is 6.54 Å². The summed E-state index contributed by atoms with van der Waals surface area (Å²) in [5, 5.41) is 16.9. The molecule has 1 aromatic heterocycles. The molecule has 1 heterocycles. The van der Waals surface area contributed by atoms with Crippen LogP contribution in [-0.4, -0.2) is 34.6 Å². The minimum Gasteiger partial charge on any atom is -0.396 e. The Hall–Kier alpha value is -0.870. The van der Waals surface area contributed by atoms with Gasteiger partial charge in [0.1, 0.15) is 0 Å². The van der Waals surface area contributed by atoms with Crippen molar-refractivity contribution < 1.29 is 5.11 Å². The number of rotatable bonds is 8. The van der Waals surface area contributed by atoms with Gasteiger partial charge >= 0.3 is 0 Å². The lowest BCUT2D eigenvalue weighted by molar-refractivity contribution is 0.113. The molecule has 0 aromatic carbocycles. The molecule has 0 unspecified atom stereocenters. The second-order valence-corrected chi connectivity index (χ2v) is 4.31. The van der Waals surface area contributed by atoms with Crippen molar-refractivity contribution in [1.82, 2.24) is 15.1 Å². The molecular weight excluding hydrogens is 202 g/mol. The molecule has 4 nitrogen and oxygen atoms in total. The highest BCUT2D eigenvalue weighted by atomic mass is 16.3. The van der Waals surface area contributed by atoms with E-state index in [2.05, 4.69) is 24.3 Å². The smallest absolute Gasteiger partial charge is 0.0533 e. The topological polar surface area (TPSA) is 50.1 Å². The molecule has 1 aromatic rings. The maximum atomic E-state index is 9.40. The van der Waals surface area contributed by atoms with E-state index >= 15 is 0 Å². The quantitative estimate of drug-likeness (QED) is 0.655. The second kappa shape index (κ2) is 6.66. The van der Waals surface area contributed by atoms with Crippen molar-refractivity contribution in [2.45, 2.75) is 33.2 Å². The van der Waals surface area contributed by atoms with Gasteiger partial charge in [-0.3, -0.25) is 4.68 Å². The van der Waals surface area contributed by atoms with Crippen LogP contribution in [0.4, 0.5) is 0 Å². The summed E-state index contributed by atoms with van der Waals surface area (Å²) in [5.41, 5.74) is 0.0458. The SMILES string of the molecule is CCC(CC)(CO)CNCCn1cccn1. The molecule has 0 aliphatic rings. The van der Waals surface area contributed by atoms with Crippen LogP contribution in [-0.2, 0) is 6.54 Å². The van der Waals surface area contributed by atoms with E-state index in [1.54, 1.807) is 6.20 Å². The van der Waals surface area contributed by atoms with Crippen molar-refractivity contribution >= 4 is 0 Å². The molecule has 0 fully saturated rings. The van der Waals surface area contributed by atoms with E-state index in [0.29, 0.717) is 0 Å². The van der Waals surface area contributed by atoms with Gasteiger partial charge in [-0.2, -0.15) is 5.10 Å². The number of hydrogen-bond donors (Lipinski definition) is 2. The van der Waals surface area contributed by atoms with E-state index in [9.17, 15) is 5.11 Å². The van der Waals surface area contributed by atoms with Gasteiger partial charge in [0.2, 0.25) is 0 Å². The molecule has 0 aliphatic heterocycles. The van der Waals surface area contributed by atoms with Crippen LogP contribution in [0, 0.1) is 5.41 Å². The van der Waals surface area contributed by atoms with Crippen LogP contribution in [0.15, 0.2) is 18.5 Å². The summed E-state index contributed by atoms with van der Waals surface area (Å²) >= 11 is 0. The fourth-order valence-electron chi connectivity index (χ4n) is 1.76. The molecule has 92 valence electrons. The van der Waals surface area contributed by atoms with Gasteiger partial charge in [-0.1, -0.05) is 13.8 Å². The van der Waals surface area contributed by atoms with Gasteiger partial charge in [0.15, 0.2) is 0 Å². The number of hydrogen-bond acceptors (Lipinski definition) is 3. The van der Waals surface area contributed by atoms with Crippen LogP contribution < -0.4 is 5.32 Å². The molecule has 4 heteroatoms. The summed E-state index contributed by atoms with van der Waals surface area (Å²) in [6, 6.07) is 1.93. The second-order valence-electron chi connectivity index (χ2n) is 4.31. The van der Waals surface area contributed by atoms with E-state index in [1.165, 1.54) is 0 Å². The van der Waals surface area contributed by atoms with Crippen molar-refractivity contribution in [3.63, 3.8) is 0 Å². The van der Waals surface area contributed by atoms with Gasteiger partial charge in [0, 0.05) is 37.5 Å². The third kappa shape index (κ3) is 3.61. The lowest BCUT2D eigenvalue weighted by Crippen LogP contribution is -2.37. The third-order valence-electron chi connectivity index (χ3n) is 3.41. The minimum absolute atomic E-state index is 0.0458. The van der Waals surface area contributed by atoms with Crippen LogP contribution in [0.25, 0.3) is 0 Å². The van der Waals surface area contributed by atoms with Gasteiger partial charge < -0.3 is 10.4 Å². The molecule has 0 atom stereocenters. The molecule has 0 saturated carbocycles. The molecule has 0 aliphatic carbocycles. The maximum absolute atomic E-state index is 9.40. The predicted molar refractivity (Wildman–Crippen MR) is 65.2 cm³/mol. The van der Waals surface area contributed by atoms with Crippen molar-refractivity contribution in [2.75, 3.05) is 19.7 Å². The number of aromatic nitrogens is 2. The summed E-state index contributed by atoms with van der Waals surface area (Å²) in [7, 11) is 0. The molecule has 16 heavy (non-hydrogen) atoms. The Balaban J connectivity index is 2.23. The zero-order chi connectivity index (χ0) is 11.9. The number of aliphatic hydroxyl groups excluding tert-OH is 1. The standard InChI is InChI=1S/C12H23N3O/c1-3-12(4-2,11-16)10-13-7-9-15-8-5-6-14-15/h5-6,8,13,16H,3-4,7,9-11H2,1-2H3. The number of nitrogens with one attached hydrogen (secondary N) is 1. The first kappa shape index (κ1) is 13.2. The average Bonchev–Trinajstić information content (AvgIpc) is 2.83. The van der Waals surface area contributed by atoms with Crippen LogP contribution in [0.5, 0.6) is 0 Å². The first-order valence-corrected chi connectivity index (χ1v) is 6.05. The Morgan fingerprint density at radius 2 is 2.12 bits per heavy atom. The van der Waals surface area contributed by atoms with E-state index in [0.717, 1.165) is 32.5 Å². The van der Waals surface area contributed by atoms with E-state index in [1.807, 2.05) is 16.9 Å². The molecular formula is C12H23N3O. The van der Waals surface area contributed by atoms with E-state index in [4.69, 9.17) is 0 Å².